The zero-order valence-corrected chi connectivity index (χ0v) is 9.19. The largest absolute Gasteiger partial charge is 0.469 e. The predicted molar refractivity (Wildman–Crippen MR) is 60.8 cm³/mol. The van der Waals surface area contributed by atoms with E-state index in [0.29, 0.717) is 0 Å². The molecule has 0 radical (unpaired) electrons. The van der Waals surface area contributed by atoms with Crippen molar-refractivity contribution < 1.29 is 4.42 Å². The third-order valence-electron chi connectivity index (χ3n) is 2.54. The molecular formula is C11H17NOS. The van der Waals surface area contributed by atoms with Crippen LogP contribution >= 0.6 is 11.8 Å². The van der Waals surface area contributed by atoms with Gasteiger partial charge in [0.25, 0.3) is 0 Å². The van der Waals surface area contributed by atoms with Crippen LogP contribution in [0.15, 0.2) is 22.8 Å². The molecule has 1 fully saturated rings. The zero-order chi connectivity index (χ0) is 9.64. The highest BCUT2D eigenvalue weighted by atomic mass is 32.2. The first-order valence-corrected chi connectivity index (χ1v) is 6.44. The molecule has 1 aromatic heterocycles. The second-order valence-corrected chi connectivity index (χ2v) is 4.85. The highest BCUT2D eigenvalue weighted by molar-refractivity contribution is 7.99. The van der Waals surface area contributed by atoms with Crippen LogP contribution in [0.1, 0.15) is 18.6 Å². The number of rotatable bonds is 5. The Morgan fingerprint density at radius 2 is 2.57 bits per heavy atom. The quantitative estimate of drug-likeness (QED) is 0.757. The predicted octanol–water partition coefficient (Wildman–Crippen LogP) is 2.31. The number of aryl methyl sites for hydroxylation is 1. The first-order valence-electron chi connectivity index (χ1n) is 5.28. The zero-order valence-electron chi connectivity index (χ0n) is 8.37. The van der Waals surface area contributed by atoms with E-state index in [-0.39, 0.29) is 0 Å². The molecule has 0 saturated carbocycles. The summed E-state index contributed by atoms with van der Waals surface area (Å²) in [7, 11) is 0. The van der Waals surface area contributed by atoms with Gasteiger partial charge in [-0.1, -0.05) is 0 Å². The van der Waals surface area contributed by atoms with Gasteiger partial charge in [0.2, 0.25) is 0 Å². The summed E-state index contributed by atoms with van der Waals surface area (Å²) in [6, 6.07) is 4.76. The Labute approximate surface area is 89.4 Å². The summed E-state index contributed by atoms with van der Waals surface area (Å²) in [4.78, 5) is 0. The SMILES string of the molecule is c1coc(CCCNC2CCSC2)c1. The average molecular weight is 211 g/mol. The van der Waals surface area contributed by atoms with Crippen LogP contribution in [0.4, 0.5) is 0 Å². The lowest BCUT2D eigenvalue weighted by molar-refractivity contribution is 0.484. The lowest BCUT2D eigenvalue weighted by Crippen LogP contribution is -2.29. The summed E-state index contributed by atoms with van der Waals surface area (Å²) < 4.78 is 5.27. The third-order valence-corrected chi connectivity index (χ3v) is 3.71. The van der Waals surface area contributed by atoms with Crippen molar-refractivity contribution in [2.75, 3.05) is 18.1 Å². The minimum absolute atomic E-state index is 0.761. The molecule has 0 aromatic carbocycles. The standard InChI is InChI=1S/C11H17NOS/c1(3-11-4-2-7-13-11)6-12-10-5-8-14-9-10/h2,4,7,10,12H,1,3,5-6,8-9H2. The van der Waals surface area contributed by atoms with E-state index in [0.717, 1.165) is 24.8 Å². The van der Waals surface area contributed by atoms with E-state index >= 15 is 0 Å². The van der Waals surface area contributed by atoms with E-state index in [2.05, 4.69) is 17.1 Å². The number of hydrogen-bond acceptors (Lipinski definition) is 3. The third kappa shape index (κ3) is 3.07. The van der Waals surface area contributed by atoms with Gasteiger partial charge < -0.3 is 9.73 Å². The average Bonchev–Trinajstić information content (AvgIpc) is 2.86. The molecule has 1 aliphatic heterocycles. The highest BCUT2D eigenvalue weighted by Crippen LogP contribution is 2.16. The molecule has 1 N–H and O–H groups in total. The number of nitrogens with one attached hydrogen (secondary N) is 1. The second-order valence-electron chi connectivity index (χ2n) is 3.70. The van der Waals surface area contributed by atoms with Crippen LogP contribution in [-0.4, -0.2) is 24.1 Å². The van der Waals surface area contributed by atoms with Crippen LogP contribution in [0.3, 0.4) is 0 Å². The summed E-state index contributed by atoms with van der Waals surface area (Å²) in [6.07, 6.45) is 5.32. The number of thioether (sulfide) groups is 1. The molecule has 2 heterocycles. The van der Waals surface area contributed by atoms with E-state index < -0.39 is 0 Å². The lowest BCUT2D eigenvalue weighted by atomic mass is 10.2. The molecule has 1 atom stereocenters. The molecule has 2 rings (SSSR count). The van der Waals surface area contributed by atoms with Gasteiger partial charge >= 0.3 is 0 Å². The van der Waals surface area contributed by atoms with Gasteiger partial charge in [-0.25, -0.2) is 0 Å². The number of furan rings is 1. The molecule has 0 spiro atoms. The van der Waals surface area contributed by atoms with E-state index in [4.69, 9.17) is 4.42 Å². The second kappa shape index (κ2) is 5.47. The molecule has 0 bridgehead atoms. The molecule has 78 valence electrons. The van der Waals surface area contributed by atoms with Crippen LogP contribution < -0.4 is 5.32 Å². The van der Waals surface area contributed by atoms with Crippen molar-refractivity contribution >= 4 is 11.8 Å². The van der Waals surface area contributed by atoms with E-state index in [1.165, 1.54) is 24.3 Å². The van der Waals surface area contributed by atoms with E-state index in [1.54, 1.807) is 6.26 Å². The van der Waals surface area contributed by atoms with Gasteiger partial charge in [-0.05, 0) is 37.3 Å². The maximum atomic E-state index is 5.27. The Kier molecular flexibility index (Phi) is 3.95. The van der Waals surface area contributed by atoms with Gasteiger partial charge in [0.15, 0.2) is 0 Å². The fourth-order valence-corrected chi connectivity index (χ4v) is 2.91. The fourth-order valence-electron chi connectivity index (χ4n) is 1.72. The van der Waals surface area contributed by atoms with Gasteiger partial charge in [-0.15, -0.1) is 0 Å². The molecule has 2 nitrogen and oxygen atoms in total. The summed E-state index contributed by atoms with van der Waals surface area (Å²) in [5.74, 6) is 3.73. The lowest BCUT2D eigenvalue weighted by Gasteiger charge is -2.09. The molecule has 0 amide bonds. The van der Waals surface area contributed by atoms with Crippen molar-refractivity contribution in [1.82, 2.24) is 5.32 Å². The van der Waals surface area contributed by atoms with E-state index in [9.17, 15) is 0 Å². The Morgan fingerprint density at radius 3 is 3.29 bits per heavy atom. The van der Waals surface area contributed by atoms with Crippen LogP contribution in [0.5, 0.6) is 0 Å². The summed E-state index contributed by atoms with van der Waals surface area (Å²) in [5.41, 5.74) is 0. The van der Waals surface area contributed by atoms with Crippen molar-refractivity contribution in [3.05, 3.63) is 24.2 Å². The number of hydrogen-bond donors (Lipinski definition) is 1. The van der Waals surface area contributed by atoms with Crippen molar-refractivity contribution in [3.8, 4) is 0 Å². The monoisotopic (exact) mass is 211 g/mol. The minimum atomic E-state index is 0.761. The Morgan fingerprint density at radius 1 is 1.57 bits per heavy atom. The smallest absolute Gasteiger partial charge is 0.103 e. The topological polar surface area (TPSA) is 25.2 Å². The molecule has 1 unspecified atom stereocenters. The summed E-state index contributed by atoms with van der Waals surface area (Å²) in [5, 5.41) is 3.58. The first kappa shape index (κ1) is 10.1. The van der Waals surface area contributed by atoms with Gasteiger partial charge in [-0.3, -0.25) is 0 Å². The normalized spacial score (nSPS) is 21.6. The molecule has 1 aliphatic rings. The maximum Gasteiger partial charge on any atom is 0.103 e. The minimum Gasteiger partial charge on any atom is -0.469 e. The van der Waals surface area contributed by atoms with E-state index in [1.807, 2.05) is 12.1 Å². The molecule has 3 heteroatoms. The Bertz CT molecular complexity index is 242. The van der Waals surface area contributed by atoms with Gasteiger partial charge in [0.1, 0.15) is 5.76 Å². The summed E-state index contributed by atoms with van der Waals surface area (Å²) >= 11 is 2.06. The highest BCUT2D eigenvalue weighted by Gasteiger charge is 2.13. The molecule has 1 saturated heterocycles. The van der Waals surface area contributed by atoms with Crippen molar-refractivity contribution in [2.24, 2.45) is 0 Å². The van der Waals surface area contributed by atoms with Crippen LogP contribution in [0.25, 0.3) is 0 Å². The Balaban J connectivity index is 1.55. The van der Waals surface area contributed by atoms with Gasteiger partial charge in [0.05, 0.1) is 6.26 Å². The Hall–Kier alpha value is -0.410. The van der Waals surface area contributed by atoms with Crippen LogP contribution in [-0.2, 0) is 6.42 Å². The maximum absolute atomic E-state index is 5.27. The summed E-state index contributed by atoms with van der Waals surface area (Å²) in [6.45, 7) is 1.12. The van der Waals surface area contributed by atoms with Crippen molar-refractivity contribution in [2.45, 2.75) is 25.3 Å². The molecular weight excluding hydrogens is 194 g/mol. The van der Waals surface area contributed by atoms with Gasteiger partial charge in [0, 0.05) is 18.2 Å². The molecule has 0 aliphatic carbocycles. The van der Waals surface area contributed by atoms with Gasteiger partial charge in [-0.2, -0.15) is 11.8 Å². The van der Waals surface area contributed by atoms with Crippen molar-refractivity contribution in [1.29, 1.82) is 0 Å². The molecule has 1 aromatic rings. The van der Waals surface area contributed by atoms with Crippen molar-refractivity contribution in [3.63, 3.8) is 0 Å². The molecule has 14 heavy (non-hydrogen) atoms. The van der Waals surface area contributed by atoms with Crippen LogP contribution in [0.2, 0.25) is 0 Å². The first-order chi connectivity index (χ1) is 6.95. The van der Waals surface area contributed by atoms with Crippen LogP contribution in [0, 0.1) is 0 Å². The fraction of sp³-hybridized carbons (Fsp3) is 0.636.